The first kappa shape index (κ1) is 15.3. The first-order valence-corrected chi connectivity index (χ1v) is 7.66. The number of benzene rings is 1. The Hall–Kier alpha value is -2.12. The molecule has 2 rings (SSSR count). The van der Waals surface area contributed by atoms with E-state index in [0.29, 0.717) is 0 Å². The number of rotatable bonds is 5. The SMILES string of the molecule is Cc1cc(C)cc(S(=O)(=O)NCc2ccc(C(=O)O)o2)c1. The van der Waals surface area contributed by atoms with Gasteiger partial charge in [-0.25, -0.2) is 17.9 Å². The van der Waals surface area contributed by atoms with Crippen molar-refractivity contribution >= 4 is 16.0 Å². The summed E-state index contributed by atoms with van der Waals surface area (Å²) in [5.74, 6) is -1.19. The van der Waals surface area contributed by atoms with Gasteiger partial charge in [0.15, 0.2) is 0 Å². The first-order chi connectivity index (χ1) is 9.78. The summed E-state index contributed by atoms with van der Waals surface area (Å²) < 4.78 is 31.7. The Morgan fingerprint density at radius 1 is 1.19 bits per heavy atom. The number of carboxylic acids is 1. The van der Waals surface area contributed by atoms with Crippen LogP contribution in [0.25, 0.3) is 0 Å². The molecule has 0 saturated carbocycles. The third-order valence-electron chi connectivity index (χ3n) is 2.81. The number of hydrogen-bond donors (Lipinski definition) is 2. The molecule has 112 valence electrons. The van der Waals surface area contributed by atoms with Gasteiger partial charge in [-0.2, -0.15) is 0 Å². The van der Waals surface area contributed by atoms with Gasteiger partial charge in [0.1, 0.15) is 5.76 Å². The second kappa shape index (κ2) is 5.71. The number of hydrogen-bond acceptors (Lipinski definition) is 4. The summed E-state index contributed by atoms with van der Waals surface area (Å²) >= 11 is 0. The van der Waals surface area contributed by atoms with Crippen LogP contribution in [-0.4, -0.2) is 19.5 Å². The molecule has 0 fully saturated rings. The Bertz CT molecular complexity index is 756. The van der Waals surface area contributed by atoms with Gasteiger partial charge in [0.05, 0.1) is 11.4 Å². The monoisotopic (exact) mass is 309 g/mol. The highest BCUT2D eigenvalue weighted by molar-refractivity contribution is 7.89. The van der Waals surface area contributed by atoms with E-state index < -0.39 is 16.0 Å². The summed E-state index contributed by atoms with van der Waals surface area (Å²) in [6.07, 6.45) is 0. The number of sulfonamides is 1. The van der Waals surface area contributed by atoms with Crippen molar-refractivity contribution in [1.82, 2.24) is 4.72 Å². The Morgan fingerprint density at radius 3 is 2.33 bits per heavy atom. The second-order valence-electron chi connectivity index (χ2n) is 4.72. The molecule has 0 aliphatic heterocycles. The van der Waals surface area contributed by atoms with E-state index >= 15 is 0 Å². The third-order valence-corrected chi connectivity index (χ3v) is 4.20. The number of carbonyl (C=O) groups is 1. The van der Waals surface area contributed by atoms with Crippen molar-refractivity contribution in [1.29, 1.82) is 0 Å². The molecule has 0 amide bonds. The van der Waals surface area contributed by atoms with Crippen molar-refractivity contribution in [3.63, 3.8) is 0 Å². The Kier molecular flexibility index (Phi) is 4.15. The Morgan fingerprint density at radius 2 is 1.81 bits per heavy atom. The lowest BCUT2D eigenvalue weighted by atomic mass is 10.2. The number of nitrogens with one attached hydrogen (secondary N) is 1. The number of carboxylic acid groups (broad SMARTS) is 1. The highest BCUT2D eigenvalue weighted by Crippen LogP contribution is 2.15. The summed E-state index contributed by atoms with van der Waals surface area (Å²) in [5.41, 5.74) is 1.70. The highest BCUT2D eigenvalue weighted by atomic mass is 32.2. The van der Waals surface area contributed by atoms with E-state index in [9.17, 15) is 13.2 Å². The number of aromatic carboxylic acids is 1. The van der Waals surface area contributed by atoms with Crippen molar-refractivity contribution in [2.24, 2.45) is 0 Å². The molecule has 2 N–H and O–H groups in total. The average Bonchev–Trinajstić information content (AvgIpc) is 2.84. The maximum absolute atomic E-state index is 12.2. The third kappa shape index (κ3) is 3.71. The molecule has 21 heavy (non-hydrogen) atoms. The predicted molar refractivity (Wildman–Crippen MR) is 75.6 cm³/mol. The van der Waals surface area contributed by atoms with E-state index in [1.54, 1.807) is 12.1 Å². The zero-order valence-electron chi connectivity index (χ0n) is 11.6. The second-order valence-corrected chi connectivity index (χ2v) is 6.49. The lowest BCUT2D eigenvalue weighted by Crippen LogP contribution is -2.23. The maximum Gasteiger partial charge on any atom is 0.371 e. The highest BCUT2D eigenvalue weighted by Gasteiger charge is 2.16. The fraction of sp³-hybridized carbons (Fsp3) is 0.214. The van der Waals surface area contributed by atoms with Crippen LogP contribution in [0, 0.1) is 13.8 Å². The molecule has 6 nitrogen and oxygen atoms in total. The molecule has 0 aliphatic carbocycles. The molecule has 0 atom stereocenters. The summed E-state index contributed by atoms with van der Waals surface area (Å²) in [6, 6.07) is 7.72. The van der Waals surface area contributed by atoms with Crippen LogP contribution in [0.1, 0.15) is 27.4 Å². The van der Waals surface area contributed by atoms with Crippen molar-refractivity contribution in [2.45, 2.75) is 25.3 Å². The van der Waals surface area contributed by atoms with E-state index in [2.05, 4.69) is 4.72 Å². The minimum Gasteiger partial charge on any atom is -0.475 e. The van der Waals surface area contributed by atoms with E-state index in [0.717, 1.165) is 11.1 Å². The molecule has 7 heteroatoms. The van der Waals surface area contributed by atoms with Crippen LogP contribution in [0.2, 0.25) is 0 Å². The van der Waals surface area contributed by atoms with Gasteiger partial charge in [-0.05, 0) is 49.2 Å². The zero-order valence-corrected chi connectivity index (χ0v) is 12.4. The summed E-state index contributed by atoms with van der Waals surface area (Å²) in [5, 5.41) is 8.73. The van der Waals surface area contributed by atoms with Crippen LogP contribution < -0.4 is 4.72 Å². The largest absolute Gasteiger partial charge is 0.475 e. The molecule has 0 unspecified atom stereocenters. The van der Waals surface area contributed by atoms with Crippen molar-refractivity contribution in [3.05, 3.63) is 53.0 Å². The van der Waals surface area contributed by atoms with Gasteiger partial charge >= 0.3 is 5.97 Å². The molecule has 2 aromatic rings. The lowest BCUT2D eigenvalue weighted by Gasteiger charge is -2.07. The number of furan rings is 1. The zero-order chi connectivity index (χ0) is 15.6. The van der Waals surface area contributed by atoms with Gasteiger partial charge in [0.2, 0.25) is 15.8 Å². The van der Waals surface area contributed by atoms with Crippen LogP contribution >= 0.6 is 0 Å². The molecule has 1 aromatic carbocycles. The minimum absolute atomic E-state index is 0.109. The Balaban J connectivity index is 2.15. The molecule has 1 heterocycles. The van der Waals surface area contributed by atoms with Crippen LogP contribution in [0.5, 0.6) is 0 Å². The van der Waals surface area contributed by atoms with Gasteiger partial charge in [-0.3, -0.25) is 0 Å². The normalized spacial score (nSPS) is 11.5. The minimum atomic E-state index is -3.67. The van der Waals surface area contributed by atoms with E-state index in [1.165, 1.54) is 12.1 Å². The molecule has 0 saturated heterocycles. The van der Waals surface area contributed by atoms with Gasteiger partial charge in [-0.15, -0.1) is 0 Å². The molecule has 0 radical (unpaired) electrons. The summed E-state index contributed by atoms with van der Waals surface area (Å²) in [4.78, 5) is 10.9. The van der Waals surface area contributed by atoms with Gasteiger partial charge in [0, 0.05) is 0 Å². The summed E-state index contributed by atoms with van der Waals surface area (Å²) in [7, 11) is -3.67. The van der Waals surface area contributed by atoms with E-state index in [4.69, 9.17) is 9.52 Å². The Labute approximate surface area is 122 Å². The van der Waals surface area contributed by atoms with E-state index in [1.807, 2.05) is 19.9 Å². The molecular weight excluding hydrogens is 294 g/mol. The lowest BCUT2D eigenvalue weighted by molar-refractivity contribution is 0.0660. The maximum atomic E-state index is 12.2. The van der Waals surface area contributed by atoms with E-state index in [-0.39, 0.29) is 23.0 Å². The van der Waals surface area contributed by atoms with Crippen LogP contribution in [0.15, 0.2) is 39.6 Å². The molecular formula is C14H15NO5S. The van der Waals surface area contributed by atoms with Crippen LogP contribution in [0.4, 0.5) is 0 Å². The predicted octanol–water partition coefficient (Wildman–Crippen LogP) is 2.07. The topological polar surface area (TPSA) is 96.6 Å². The standard InChI is InChI=1S/C14H15NO5S/c1-9-5-10(2)7-12(6-9)21(18,19)15-8-11-3-4-13(20-11)14(16)17/h3-7,15H,8H2,1-2H3,(H,16,17). The van der Waals surface area contributed by atoms with Crippen LogP contribution in [-0.2, 0) is 16.6 Å². The van der Waals surface area contributed by atoms with Crippen molar-refractivity contribution in [3.8, 4) is 0 Å². The van der Waals surface area contributed by atoms with Gasteiger partial charge in [-0.1, -0.05) is 6.07 Å². The summed E-state index contributed by atoms with van der Waals surface area (Å²) in [6.45, 7) is 3.53. The molecule has 0 spiro atoms. The molecule has 1 aromatic heterocycles. The number of aryl methyl sites for hydroxylation is 2. The average molecular weight is 309 g/mol. The first-order valence-electron chi connectivity index (χ1n) is 6.18. The smallest absolute Gasteiger partial charge is 0.371 e. The van der Waals surface area contributed by atoms with Crippen molar-refractivity contribution in [2.75, 3.05) is 0 Å². The van der Waals surface area contributed by atoms with Gasteiger partial charge in [0.25, 0.3) is 0 Å². The quantitative estimate of drug-likeness (QED) is 0.881. The fourth-order valence-corrected chi connectivity index (χ4v) is 3.11. The fourth-order valence-electron chi connectivity index (χ4n) is 1.93. The van der Waals surface area contributed by atoms with Crippen molar-refractivity contribution < 1.29 is 22.7 Å². The van der Waals surface area contributed by atoms with Gasteiger partial charge < -0.3 is 9.52 Å². The molecule has 0 bridgehead atoms. The molecule has 0 aliphatic rings. The van der Waals surface area contributed by atoms with Crippen LogP contribution in [0.3, 0.4) is 0 Å².